The maximum absolute atomic E-state index is 12.9. The molecule has 0 amide bonds. The third-order valence-electron chi connectivity index (χ3n) is 4.43. The van der Waals surface area contributed by atoms with Crippen LogP contribution in [0.1, 0.15) is 18.9 Å². The average Bonchev–Trinajstić information content (AvgIpc) is 2.95. The molecule has 0 radical (unpaired) electrons. The summed E-state index contributed by atoms with van der Waals surface area (Å²) < 4.78 is 18.4. The first-order valence-electron chi connectivity index (χ1n) is 6.80. The van der Waals surface area contributed by atoms with E-state index in [9.17, 15) is 4.39 Å². The van der Waals surface area contributed by atoms with E-state index in [0.717, 1.165) is 31.7 Å². The lowest BCUT2D eigenvalue weighted by molar-refractivity contribution is 0.0609. The van der Waals surface area contributed by atoms with Gasteiger partial charge in [-0.25, -0.2) is 4.39 Å². The lowest BCUT2D eigenvalue weighted by Crippen LogP contribution is -2.54. The second-order valence-electron chi connectivity index (χ2n) is 5.60. The summed E-state index contributed by atoms with van der Waals surface area (Å²) in [6.07, 6.45) is 1.06. The predicted molar refractivity (Wildman–Crippen MR) is 74.3 cm³/mol. The molecule has 1 aliphatic rings. The van der Waals surface area contributed by atoms with E-state index >= 15 is 0 Å². The minimum absolute atomic E-state index is 0.0785. The van der Waals surface area contributed by atoms with Crippen molar-refractivity contribution in [3.05, 3.63) is 35.6 Å². The molecule has 1 saturated heterocycles. The predicted octanol–water partition coefficient (Wildman–Crippen LogP) is 2.01. The number of nitrogens with two attached hydrogens (primary N) is 1. The lowest BCUT2D eigenvalue weighted by atomic mass is 9.83. The summed E-state index contributed by atoms with van der Waals surface area (Å²) in [5, 5.41) is 0. The first-order chi connectivity index (χ1) is 9.06. The van der Waals surface area contributed by atoms with Crippen LogP contribution in [-0.4, -0.2) is 37.2 Å². The van der Waals surface area contributed by atoms with Gasteiger partial charge in [0.2, 0.25) is 0 Å². The van der Waals surface area contributed by atoms with Crippen molar-refractivity contribution in [1.29, 1.82) is 0 Å². The molecule has 0 spiro atoms. The molecule has 0 aliphatic carbocycles. The molecule has 1 aromatic rings. The fourth-order valence-corrected chi connectivity index (χ4v) is 2.70. The minimum Gasteiger partial charge on any atom is -0.381 e. The number of halogens is 1. The maximum Gasteiger partial charge on any atom is 0.123 e. The molecule has 0 bridgehead atoms. The van der Waals surface area contributed by atoms with Crippen LogP contribution in [0.25, 0.3) is 0 Å². The van der Waals surface area contributed by atoms with E-state index in [0.29, 0.717) is 12.5 Å². The van der Waals surface area contributed by atoms with Crippen molar-refractivity contribution in [1.82, 2.24) is 4.90 Å². The second-order valence-corrected chi connectivity index (χ2v) is 5.60. The first kappa shape index (κ1) is 14.4. The number of hydrogen-bond donors (Lipinski definition) is 1. The summed E-state index contributed by atoms with van der Waals surface area (Å²) in [5.41, 5.74) is 7.03. The minimum atomic E-state index is -0.197. The van der Waals surface area contributed by atoms with Gasteiger partial charge in [0.1, 0.15) is 5.82 Å². The molecule has 0 saturated carbocycles. The first-order valence-corrected chi connectivity index (χ1v) is 6.80. The third-order valence-corrected chi connectivity index (χ3v) is 4.43. The van der Waals surface area contributed by atoms with E-state index in [-0.39, 0.29) is 11.4 Å². The van der Waals surface area contributed by atoms with Crippen molar-refractivity contribution in [2.75, 3.05) is 26.8 Å². The molecule has 2 rings (SSSR count). The number of ether oxygens (including phenoxy) is 1. The number of benzene rings is 1. The van der Waals surface area contributed by atoms with Gasteiger partial charge in [-0.3, -0.25) is 4.90 Å². The van der Waals surface area contributed by atoms with E-state index in [1.165, 1.54) is 12.1 Å². The molecule has 19 heavy (non-hydrogen) atoms. The van der Waals surface area contributed by atoms with Gasteiger partial charge in [0.15, 0.2) is 0 Å². The van der Waals surface area contributed by atoms with Crippen LogP contribution < -0.4 is 5.73 Å². The molecule has 2 unspecified atom stereocenters. The van der Waals surface area contributed by atoms with E-state index < -0.39 is 0 Å². The fourth-order valence-electron chi connectivity index (χ4n) is 2.70. The van der Waals surface area contributed by atoms with Crippen molar-refractivity contribution in [2.45, 2.75) is 25.4 Å². The normalized spacial score (nSPS) is 22.7. The molecule has 1 aliphatic heterocycles. The molecule has 2 N–H and O–H groups in total. The van der Waals surface area contributed by atoms with Crippen LogP contribution in [0.15, 0.2) is 24.3 Å². The summed E-state index contributed by atoms with van der Waals surface area (Å²) in [4.78, 5) is 2.26. The number of nitrogens with zero attached hydrogens (tertiary/aromatic N) is 1. The van der Waals surface area contributed by atoms with Gasteiger partial charge in [-0.15, -0.1) is 0 Å². The average molecular weight is 266 g/mol. The second kappa shape index (κ2) is 5.99. The Hall–Kier alpha value is -0.970. The topological polar surface area (TPSA) is 38.5 Å². The highest BCUT2D eigenvalue weighted by Crippen LogP contribution is 2.30. The van der Waals surface area contributed by atoms with Crippen molar-refractivity contribution >= 4 is 0 Å². The SMILES string of the molecule is CN(Cc1ccc(F)cc1)C(C)(CN)C1CCOC1. The summed E-state index contributed by atoms with van der Waals surface area (Å²) >= 11 is 0. The van der Waals surface area contributed by atoms with Crippen LogP contribution in [0.4, 0.5) is 4.39 Å². The zero-order chi connectivity index (χ0) is 13.9. The Kier molecular flexibility index (Phi) is 4.55. The van der Waals surface area contributed by atoms with Crippen molar-refractivity contribution in [3.63, 3.8) is 0 Å². The van der Waals surface area contributed by atoms with Gasteiger partial charge in [-0.05, 0) is 38.1 Å². The molecule has 3 nitrogen and oxygen atoms in total. The Morgan fingerprint density at radius 3 is 2.63 bits per heavy atom. The fraction of sp³-hybridized carbons (Fsp3) is 0.600. The van der Waals surface area contributed by atoms with Gasteiger partial charge >= 0.3 is 0 Å². The largest absolute Gasteiger partial charge is 0.381 e. The number of rotatable bonds is 5. The van der Waals surface area contributed by atoms with E-state index in [2.05, 4.69) is 18.9 Å². The molecule has 1 aromatic carbocycles. The molecule has 1 heterocycles. The third kappa shape index (κ3) is 3.14. The van der Waals surface area contributed by atoms with Crippen LogP contribution >= 0.6 is 0 Å². The highest BCUT2D eigenvalue weighted by Gasteiger charge is 2.38. The molecular formula is C15H23FN2O. The monoisotopic (exact) mass is 266 g/mol. The van der Waals surface area contributed by atoms with Gasteiger partial charge in [0.05, 0.1) is 6.61 Å². The maximum atomic E-state index is 12.9. The van der Waals surface area contributed by atoms with Gasteiger partial charge in [-0.2, -0.15) is 0 Å². The van der Waals surface area contributed by atoms with Gasteiger partial charge in [0.25, 0.3) is 0 Å². The Morgan fingerprint density at radius 1 is 1.42 bits per heavy atom. The van der Waals surface area contributed by atoms with Crippen LogP contribution in [0.2, 0.25) is 0 Å². The Balaban J connectivity index is 2.07. The Morgan fingerprint density at radius 2 is 2.11 bits per heavy atom. The highest BCUT2D eigenvalue weighted by molar-refractivity contribution is 5.16. The molecule has 0 aromatic heterocycles. The Labute approximate surface area is 114 Å². The van der Waals surface area contributed by atoms with Crippen LogP contribution in [-0.2, 0) is 11.3 Å². The quantitative estimate of drug-likeness (QED) is 0.886. The molecular weight excluding hydrogens is 243 g/mol. The van der Waals surface area contributed by atoms with Crippen molar-refractivity contribution < 1.29 is 9.13 Å². The molecule has 4 heteroatoms. The van der Waals surface area contributed by atoms with Gasteiger partial charge in [0, 0.05) is 31.2 Å². The molecule has 2 atom stereocenters. The standard InChI is InChI=1S/C15H23FN2O/c1-15(11-17,13-7-8-19-10-13)18(2)9-12-3-5-14(16)6-4-12/h3-6,13H,7-11,17H2,1-2H3. The summed E-state index contributed by atoms with van der Waals surface area (Å²) in [5.74, 6) is 0.264. The van der Waals surface area contributed by atoms with Crippen molar-refractivity contribution in [2.24, 2.45) is 11.7 Å². The molecule has 106 valence electrons. The van der Waals surface area contributed by atoms with Crippen molar-refractivity contribution in [3.8, 4) is 0 Å². The number of hydrogen-bond acceptors (Lipinski definition) is 3. The Bertz CT molecular complexity index is 403. The molecule has 1 fully saturated rings. The zero-order valence-electron chi connectivity index (χ0n) is 11.7. The van der Waals surface area contributed by atoms with E-state index in [4.69, 9.17) is 10.5 Å². The zero-order valence-corrected chi connectivity index (χ0v) is 11.7. The summed E-state index contributed by atoms with van der Waals surface area (Å²) in [7, 11) is 2.08. The summed E-state index contributed by atoms with van der Waals surface area (Å²) in [6.45, 7) is 5.16. The highest BCUT2D eigenvalue weighted by atomic mass is 19.1. The van der Waals surface area contributed by atoms with Crippen LogP contribution in [0.3, 0.4) is 0 Å². The van der Waals surface area contributed by atoms with Crippen LogP contribution in [0, 0.1) is 11.7 Å². The van der Waals surface area contributed by atoms with Crippen LogP contribution in [0.5, 0.6) is 0 Å². The summed E-state index contributed by atoms with van der Waals surface area (Å²) in [6, 6.07) is 6.66. The van der Waals surface area contributed by atoms with E-state index in [1.54, 1.807) is 0 Å². The lowest BCUT2D eigenvalue weighted by Gasteiger charge is -2.42. The number of likely N-dealkylation sites (N-methyl/N-ethyl adjacent to an activating group) is 1. The van der Waals surface area contributed by atoms with Gasteiger partial charge < -0.3 is 10.5 Å². The smallest absolute Gasteiger partial charge is 0.123 e. The van der Waals surface area contributed by atoms with Gasteiger partial charge in [-0.1, -0.05) is 12.1 Å². The van der Waals surface area contributed by atoms with E-state index in [1.807, 2.05) is 12.1 Å².